The Morgan fingerprint density at radius 1 is 1.43 bits per heavy atom. The fraction of sp³-hybridized carbons (Fsp3) is 0.300. The summed E-state index contributed by atoms with van der Waals surface area (Å²) in [4.78, 5) is 6.95. The molecule has 0 saturated carbocycles. The van der Waals surface area contributed by atoms with Crippen molar-refractivity contribution in [2.75, 3.05) is 5.73 Å². The number of thiazole rings is 1. The Labute approximate surface area is 91.4 Å². The van der Waals surface area contributed by atoms with Crippen molar-refractivity contribution in [1.82, 2.24) is 4.98 Å². The SMILES string of the molecule is Cc1nc(N)sc1CCc1cccs1. The van der Waals surface area contributed by atoms with Gasteiger partial charge in [0.15, 0.2) is 5.13 Å². The number of hydrogen-bond acceptors (Lipinski definition) is 4. The first-order valence-electron chi connectivity index (χ1n) is 4.50. The largest absolute Gasteiger partial charge is 0.375 e. The van der Waals surface area contributed by atoms with Crippen molar-refractivity contribution >= 4 is 27.8 Å². The van der Waals surface area contributed by atoms with Crippen molar-refractivity contribution in [3.05, 3.63) is 33.0 Å². The summed E-state index contributed by atoms with van der Waals surface area (Å²) >= 11 is 3.42. The van der Waals surface area contributed by atoms with Gasteiger partial charge < -0.3 is 5.73 Å². The molecule has 2 aromatic rings. The van der Waals surface area contributed by atoms with Crippen LogP contribution in [0.1, 0.15) is 15.4 Å². The quantitative estimate of drug-likeness (QED) is 0.870. The Bertz CT molecular complexity index is 404. The zero-order valence-corrected chi connectivity index (χ0v) is 9.62. The maximum Gasteiger partial charge on any atom is 0.180 e. The maximum atomic E-state index is 5.64. The molecule has 0 aliphatic heterocycles. The van der Waals surface area contributed by atoms with Crippen molar-refractivity contribution in [1.29, 1.82) is 0 Å². The van der Waals surface area contributed by atoms with Crippen LogP contribution in [0, 0.1) is 6.92 Å². The summed E-state index contributed by atoms with van der Waals surface area (Å²) in [5.41, 5.74) is 6.73. The first-order chi connectivity index (χ1) is 6.75. The highest BCUT2D eigenvalue weighted by Gasteiger charge is 2.05. The highest BCUT2D eigenvalue weighted by molar-refractivity contribution is 7.15. The minimum atomic E-state index is 0.684. The van der Waals surface area contributed by atoms with Gasteiger partial charge in [0.25, 0.3) is 0 Å². The minimum Gasteiger partial charge on any atom is -0.375 e. The van der Waals surface area contributed by atoms with Gasteiger partial charge in [-0.25, -0.2) is 4.98 Å². The number of nitrogens with zero attached hydrogens (tertiary/aromatic N) is 1. The predicted molar refractivity (Wildman–Crippen MR) is 63.0 cm³/mol. The molecule has 0 amide bonds. The topological polar surface area (TPSA) is 38.9 Å². The van der Waals surface area contributed by atoms with E-state index < -0.39 is 0 Å². The van der Waals surface area contributed by atoms with Crippen LogP contribution < -0.4 is 5.73 Å². The lowest BCUT2D eigenvalue weighted by molar-refractivity contribution is 0.982. The molecule has 74 valence electrons. The summed E-state index contributed by atoms with van der Waals surface area (Å²) < 4.78 is 0. The van der Waals surface area contributed by atoms with Crippen molar-refractivity contribution in [2.24, 2.45) is 0 Å². The standard InChI is InChI=1S/C10H12N2S2/c1-7-9(14-10(11)12-7)5-4-8-3-2-6-13-8/h2-3,6H,4-5H2,1H3,(H2,11,12). The van der Waals surface area contributed by atoms with Gasteiger partial charge in [0, 0.05) is 9.75 Å². The number of aryl methyl sites for hydroxylation is 3. The van der Waals surface area contributed by atoms with Gasteiger partial charge in [-0.15, -0.1) is 22.7 Å². The average Bonchev–Trinajstić information content (AvgIpc) is 2.72. The van der Waals surface area contributed by atoms with Crippen LogP contribution in [0.3, 0.4) is 0 Å². The molecule has 14 heavy (non-hydrogen) atoms. The summed E-state index contributed by atoms with van der Waals surface area (Å²) in [7, 11) is 0. The molecule has 0 unspecified atom stereocenters. The molecule has 2 N–H and O–H groups in total. The normalized spacial score (nSPS) is 10.6. The summed E-state index contributed by atoms with van der Waals surface area (Å²) in [5.74, 6) is 0. The van der Waals surface area contributed by atoms with Crippen LogP contribution in [0.5, 0.6) is 0 Å². The Morgan fingerprint density at radius 3 is 2.86 bits per heavy atom. The summed E-state index contributed by atoms with van der Waals surface area (Å²) in [5, 5.41) is 2.80. The Balaban J connectivity index is 2.01. The second kappa shape index (κ2) is 4.11. The first kappa shape index (κ1) is 9.68. The van der Waals surface area contributed by atoms with E-state index in [1.807, 2.05) is 18.3 Å². The van der Waals surface area contributed by atoms with Gasteiger partial charge in [-0.05, 0) is 31.2 Å². The van der Waals surface area contributed by atoms with Gasteiger partial charge in [0.2, 0.25) is 0 Å². The number of anilines is 1. The van der Waals surface area contributed by atoms with E-state index in [1.54, 1.807) is 11.3 Å². The third-order valence-corrected chi connectivity index (χ3v) is 4.07. The van der Waals surface area contributed by atoms with Crippen LogP contribution in [0.15, 0.2) is 17.5 Å². The minimum absolute atomic E-state index is 0.684. The van der Waals surface area contributed by atoms with E-state index in [9.17, 15) is 0 Å². The van der Waals surface area contributed by atoms with Crippen molar-refractivity contribution in [2.45, 2.75) is 19.8 Å². The van der Waals surface area contributed by atoms with Gasteiger partial charge in [-0.3, -0.25) is 0 Å². The Morgan fingerprint density at radius 2 is 2.29 bits per heavy atom. The fourth-order valence-electron chi connectivity index (χ4n) is 1.37. The molecule has 2 nitrogen and oxygen atoms in total. The van der Waals surface area contributed by atoms with Crippen molar-refractivity contribution in [3.63, 3.8) is 0 Å². The monoisotopic (exact) mass is 224 g/mol. The zero-order chi connectivity index (χ0) is 9.97. The molecule has 0 atom stereocenters. The van der Waals surface area contributed by atoms with E-state index >= 15 is 0 Å². The third-order valence-electron chi connectivity index (χ3n) is 2.09. The van der Waals surface area contributed by atoms with Crippen LogP contribution in [0.25, 0.3) is 0 Å². The zero-order valence-electron chi connectivity index (χ0n) is 7.99. The highest BCUT2D eigenvalue weighted by atomic mass is 32.1. The molecular weight excluding hydrogens is 212 g/mol. The molecule has 0 bridgehead atoms. The van der Waals surface area contributed by atoms with Gasteiger partial charge in [-0.2, -0.15) is 0 Å². The number of thiophene rings is 1. The van der Waals surface area contributed by atoms with Crippen molar-refractivity contribution in [3.8, 4) is 0 Å². The molecule has 0 fully saturated rings. The second-order valence-corrected chi connectivity index (χ2v) is 5.29. The molecule has 0 spiro atoms. The fourth-order valence-corrected chi connectivity index (χ4v) is 2.92. The van der Waals surface area contributed by atoms with E-state index in [-0.39, 0.29) is 0 Å². The molecular formula is C10H12N2S2. The van der Waals surface area contributed by atoms with Gasteiger partial charge in [0.05, 0.1) is 5.69 Å². The third kappa shape index (κ3) is 2.13. The number of hydrogen-bond donors (Lipinski definition) is 1. The van der Waals surface area contributed by atoms with Crippen LogP contribution >= 0.6 is 22.7 Å². The first-order valence-corrected chi connectivity index (χ1v) is 6.19. The smallest absolute Gasteiger partial charge is 0.180 e. The molecule has 2 heterocycles. The van der Waals surface area contributed by atoms with E-state index in [0.717, 1.165) is 18.5 Å². The number of aromatic nitrogens is 1. The molecule has 2 rings (SSSR count). The molecule has 4 heteroatoms. The molecule has 0 aromatic carbocycles. The molecule has 0 aliphatic carbocycles. The van der Waals surface area contributed by atoms with Gasteiger partial charge >= 0.3 is 0 Å². The molecule has 0 aliphatic rings. The van der Waals surface area contributed by atoms with E-state index in [2.05, 4.69) is 22.5 Å². The maximum absolute atomic E-state index is 5.64. The van der Waals surface area contributed by atoms with Crippen LogP contribution in [-0.4, -0.2) is 4.98 Å². The lowest BCUT2D eigenvalue weighted by Crippen LogP contribution is -1.87. The summed E-state index contributed by atoms with van der Waals surface area (Å²) in [6.07, 6.45) is 2.15. The molecule has 0 radical (unpaired) electrons. The Hall–Kier alpha value is -0.870. The second-order valence-electron chi connectivity index (χ2n) is 3.14. The van der Waals surface area contributed by atoms with Crippen LogP contribution in [0.2, 0.25) is 0 Å². The van der Waals surface area contributed by atoms with Crippen LogP contribution in [-0.2, 0) is 12.8 Å². The average molecular weight is 224 g/mol. The van der Waals surface area contributed by atoms with E-state index in [1.165, 1.54) is 9.75 Å². The van der Waals surface area contributed by atoms with E-state index in [0.29, 0.717) is 5.13 Å². The van der Waals surface area contributed by atoms with Crippen molar-refractivity contribution < 1.29 is 0 Å². The summed E-state index contributed by atoms with van der Waals surface area (Å²) in [6.45, 7) is 2.02. The van der Waals surface area contributed by atoms with Crippen LogP contribution in [0.4, 0.5) is 5.13 Å². The molecule has 0 saturated heterocycles. The highest BCUT2D eigenvalue weighted by Crippen LogP contribution is 2.22. The predicted octanol–water partition coefficient (Wildman–Crippen LogP) is 2.88. The summed E-state index contributed by atoms with van der Waals surface area (Å²) in [6, 6.07) is 4.26. The molecule has 2 aromatic heterocycles. The van der Waals surface area contributed by atoms with E-state index in [4.69, 9.17) is 5.73 Å². The number of nitrogen functional groups attached to an aromatic ring is 1. The number of nitrogens with two attached hydrogens (primary N) is 1. The lowest BCUT2D eigenvalue weighted by atomic mass is 10.2. The number of rotatable bonds is 3. The van der Waals surface area contributed by atoms with Gasteiger partial charge in [-0.1, -0.05) is 6.07 Å². The van der Waals surface area contributed by atoms with Gasteiger partial charge in [0.1, 0.15) is 0 Å². The lowest BCUT2D eigenvalue weighted by Gasteiger charge is -1.95. The Kier molecular flexibility index (Phi) is 2.84.